The van der Waals surface area contributed by atoms with Crippen LogP contribution in [0.5, 0.6) is 5.75 Å². The average Bonchev–Trinajstić information content (AvgIpc) is 2.83. The predicted molar refractivity (Wildman–Crippen MR) is 125 cm³/mol. The lowest BCUT2D eigenvalue weighted by atomic mass is 10.1. The highest BCUT2D eigenvalue weighted by molar-refractivity contribution is 5.92. The zero-order valence-electron chi connectivity index (χ0n) is 17.7. The van der Waals surface area contributed by atoms with Crippen molar-refractivity contribution < 1.29 is 9.84 Å². The Morgan fingerprint density at radius 3 is 2.35 bits per heavy atom. The van der Waals surface area contributed by atoms with E-state index in [1.54, 1.807) is 7.11 Å². The van der Waals surface area contributed by atoms with Crippen LogP contribution in [-0.4, -0.2) is 41.9 Å². The first-order chi connectivity index (χ1) is 15.2. The van der Waals surface area contributed by atoms with Gasteiger partial charge >= 0.3 is 0 Å². The molecule has 0 aliphatic carbocycles. The lowest BCUT2D eigenvalue weighted by molar-refractivity contribution is 0.273. The quantitative estimate of drug-likeness (QED) is 0.445. The summed E-state index contributed by atoms with van der Waals surface area (Å²) >= 11 is 0. The maximum atomic E-state index is 9.93. The van der Waals surface area contributed by atoms with Gasteiger partial charge in [0.15, 0.2) is 0 Å². The van der Waals surface area contributed by atoms with Crippen LogP contribution in [0.3, 0.4) is 0 Å². The SMILES string of the molecule is COc1ccc(N(C)c2nc(N[C@@H](CO)Cc3ccccc3)nc3ccccc23)cc1. The van der Waals surface area contributed by atoms with Gasteiger partial charge in [-0.3, -0.25) is 0 Å². The number of para-hydroxylation sites is 1. The minimum Gasteiger partial charge on any atom is -0.497 e. The minimum atomic E-state index is -0.192. The summed E-state index contributed by atoms with van der Waals surface area (Å²) in [7, 11) is 3.63. The fourth-order valence-corrected chi connectivity index (χ4v) is 3.55. The van der Waals surface area contributed by atoms with Crippen LogP contribution in [-0.2, 0) is 6.42 Å². The average molecular weight is 415 g/mol. The number of aromatic nitrogens is 2. The Balaban J connectivity index is 1.66. The van der Waals surface area contributed by atoms with E-state index < -0.39 is 0 Å². The third-order valence-electron chi connectivity index (χ3n) is 5.24. The van der Waals surface area contributed by atoms with Crippen LogP contribution in [0.25, 0.3) is 10.9 Å². The second-order valence-corrected chi connectivity index (χ2v) is 7.36. The molecular weight excluding hydrogens is 388 g/mol. The molecule has 158 valence electrons. The third-order valence-corrected chi connectivity index (χ3v) is 5.24. The van der Waals surface area contributed by atoms with Gasteiger partial charge in [0.25, 0.3) is 0 Å². The molecule has 0 aliphatic heterocycles. The monoisotopic (exact) mass is 414 g/mol. The van der Waals surface area contributed by atoms with Gasteiger partial charge in [-0.2, -0.15) is 4.98 Å². The maximum Gasteiger partial charge on any atom is 0.225 e. The lowest BCUT2D eigenvalue weighted by Crippen LogP contribution is -2.28. The van der Waals surface area contributed by atoms with Crippen LogP contribution >= 0.6 is 0 Å². The van der Waals surface area contributed by atoms with Crippen LogP contribution < -0.4 is 15.0 Å². The highest BCUT2D eigenvalue weighted by atomic mass is 16.5. The summed E-state index contributed by atoms with van der Waals surface area (Å²) in [5.41, 5.74) is 2.97. The molecule has 1 aromatic heterocycles. The second kappa shape index (κ2) is 9.45. The first kappa shape index (κ1) is 20.6. The standard InChI is InChI=1S/C25H26N4O2/c1-29(20-12-14-21(31-2)15-13-20)24-22-10-6-7-11-23(22)27-25(28-24)26-19(17-30)16-18-8-4-3-5-9-18/h3-15,19,30H,16-17H2,1-2H3,(H,26,27,28)/t19-/m1/s1. The molecule has 0 aliphatic rings. The number of anilines is 3. The summed E-state index contributed by atoms with van der Waals surface area (Å²) in [6.45, 7) is -0.0191. The van der Waals surface area contributed by atoms with E-state index in [2.05, 4.69) is 22.4 Å². The van der Waals surface area contributed by atoms with E-state index in [1.807, 2.05) is 78.7 Å². The molecule has 0 radical (unpaired) electrons. The van der Waals surface area contributed by atoms with Gasteiger partial charge in [-0.15, -0.1) is 0 Å². The molecule has 0 amide bonds. The zero-order chi connectivity index (χ0) is 21.6. The number of methoxy groups -OCH3 is 1. The van der Waals surface area contributed by atoms with Gasteiger partial charge < -0.3 is 20.1 Å². The Bertz CT molecular complexity index is 1130. The van der Waals surface area contributed by atoms with E-state index in [1.165, 1.54) is 0 Å². The Morgan fingerprint density at radius 1 is 0.935 bits per heavy atom. The Kier molecular flexibility index (Phi) is 6.29. The lowest BCUT2D eigenvalue weighted by Gasteiger charge is -2.22. The van der Waals surface area contributed by atoms with Gasteiger partial charge in [-0.05, 0) is 48.4 Å². The molecule has 3 aromatic carbocycles. The number of rotatable bonds is 8. The summed E-state index contributed by atoms with van der Waals surface area (Å²) in [6.07, 6.45) is 0.678. The molecule has 1 heterocycles. The van der Waals surface area contributed by atoms with E-state index in [0.29, 0.717) is 12.4 Å². The number of aliphatic hydroxyl groups excluding tert-OH is 1. The number of nitrogens with one attached hydrogen (secondary N) is 1. The van der Waals surface area contributed by atoms with Gasteiger partial charge in [-0.25, -0.2) is 4.98 Å². The summed E-state index contributed by atoms with van der Waals surface area (Å²) in [4.78, 5) is 11.5. The molecule has 4 aromatic rings. The predicted octanol–water partition coefficient (Wildman–Crippen LogP) is 4.42. The third kappa shape index (κ3) is 4.75. The van der Waals surface area contributed by atoms with Crippen LogP contribution in [0.15, 0.2) is 78.9 Å². The number of ether oxygens (including phenoxy) is 1. The molecule has 4 rings (SSSR count). The van der Waals surface area contributed by atoms with E-state index >= 15 is 0 Å². The molecule has 0 unspecified atom stereocenters. The Labute approximate surface area is 182 Å². The molecule has 2 N–H and O–H groups in total. The Hall–Kier alpha value is -3.64. The van der Waals surface area contributed by atoms with Crippen molar-refractivity contribution in [2.24, 2.45) is 0 Å². The van der Waals surface area contributed by atoms with Gasteiger partial charge in [-0.1, -0.05) is 42.5 Å². The first-order valence-electron chi connectivity index (χ1n) is 10.2. The van der Waals surface area contributed by atoms with Crippen molar-refractivity contribution in [1.29, 1.82) is 0 Å². The van der Waals surface area contributed by atoms with Crippen molar-refractivity contribution in [3.05, 3.63) is 84.4 Å². The van der Waals surface area contributed by atoms with Crippen LogP contribution in [0.1, 0.15) is 5.56 Å². The largest absolute Gasteiger partial charge is 0.497 e. The van der Waals surface area contributed by atoms with Crippen LogP contribution in [0, 0.1) is 0 Å². The van der Waals surface area contributed by atoms with Gasteiger partial charge in [0.1, 0.15) is 11.6 Å². The van der Waals surface area contributed by atoms with E-state index in [-0.39, 0.29) is 12.6 Å². The fourth-order valence-electron chi connectivity index (χ4n) is 3.55. The van der Waals surface area contributed by atoms with Gasteiger partial charge in [0.2, 0.25) is 5.95 Å². The number of benzene rings is 3. The number of hydrogen-bond donors (Lipinski definition) is 2. The maximum absolute atomic E-state index is 9.93. The van der Waals surface area contributed by atoms with Crippen LogP contribution in [0.4, 0.5) is 17.5 Å². The first-order valence-corrected chi connectivity index (χ1v) is 10.2. The van der Waals surface area contributed by atoms with Crippen molar-refractivity contribution in [3.63, 3.8) is 0 Å². The fraction of sp³-hybridized carbons (Fsp3) is 0.200. The van der Waals surface area contributed by atoms with Crippen molar-refractivity contribution in [2.45, 2.75) is 12.5 Å². The van der Waals surface area contributed by atoms with E-state index in [9.17, 15) is 5.11 Å². The van der Waals surface area contributed by atoms with E-state index in [4.69, 9.17) is 9.72 Å². The molecule has 0 saturated heterocycles. The molecule has 6 nitrogen and oxygen atoms in total. The molecular formula is C25H26N4O2. The smallest absolute Gasteiger partial charge is 0.225 e. The topological polar surface area (TPSA) is 70.5 Å². The van der Waals surface area contributed by atoms with Gasteiger partial charge in [0, 0.05) is 18.1 Å². The summed E-state index contributed by atoms with van der Waals surface area (Å²) in [5, 5.41) is 14.2. The molecule has 0 spiro atoms. The van der Waals surface area contributed by atoms with E-state index in [0.717, 1.165) is 33.7 Å². The molecule has 0 bridgehead atoms. The highest BCUT2D eigenvalue weighted by Crippen LogP contribution is 2.30. The highest BCUT2D eigenvalue weighted by Gasteiger charge is 2.16. The number of nitrogens with zero attached hydrogens (tertiary/aromatic N) is 3. The second-order valence-electron chi connectivity index (χ2n) is 7.36. The van der Waals surface area contributed by atoms with Gasteiger partial charge in [0.05, 0.1) is 25.3 Å². The van der Waals surface area contributed by atoms with Crippen molar-refractivity contribution in [2.75, 3.05) is 31.0 Å². The normalized spacial score (nSPS) is 11.8. The van der Waals surface area contributed by atoms with Crippen molar-refractivity contribution >= 4 is 28.4 Å². The minimum absolute atomic E-state index is 0.0191. The van der Waals surface area contributed by atoms with Crippen LogP contribution in [0.2, 0.25) is 0 Å². The molecule has 31 heavy (non-hydrogen) atoms. The zero-order valence-corrected chi connectivity index (χ0v) is 17.7. The number of hydrogen-bond acceptors (Lipinski definition) is 6. The molecule has 1 atom stereocenters. The van der Waals surface area contributed by atoms with Crippen molar-refractivity contribution in [3.8, 4) is 5.75 Å². The van der Waals surface area contributed by atoms with Crippen molar-refractivity contribution in [1.82, 2.24) is 9.97 Å². The summed E-state index contributed by atoms with van der Waals surface area (Å²) in [6, 6.07) is 25.7. The molecule has 0 fully saturated rings. The number of fused-ring (bicyclic) bond motifs is 1. The Morgan fingerprint density at radius 2 is 1.65 bits per heavy atom. The summed E-state index contributed by atoms with van der Waals surface area (Å²) < 4.78 is 5.27. The molecule has 6 heteroatoms. The molecule has 0 saturated carbocycles. The number of aliphatic hydroxyl groups is 1. The summed E-state index contributed by atoms with van der Waals surface area (Å²) in [5.74, 6) is 2.08.